The molecular formula is C27H26ClN3S. The number of halogens is 1. The summed E-state index contributed by atoms with van der Waals surface area (Å²) in [6, 6.07) is 18.8. The fraction of sp³-hybridized carbons (Fsp3) is 0.259. The second-order valence-corrected chi connectivity index (χ2v) is 9.35. The van der Waals surface area contributed by atoms with E-state index in [-0.39, 0.29) is 0 Å². The standard InChI is InChI=1S/C27H26ClN3S/c1-18-5-2-3-7-24(18)30-27(32)31-15-12-19(13-16-31)25-23-11-10-22(28)17-21(23)9-8-20-6-4-14-29-26(20)25/h2-7,10-11,14,17H,8-9,12-13,15-16H2,1H3,(H,30,32). The first-order chi connectivity index (χ1) is 15.6. The average molecular weight is 460 g/mol. The molecule has 3 aromatic rings. The van der Waals surface area contributed by atoms with Gasteiger partial charge in [0.1, 0.15) is 0 Å². The summed E-state index contributed by atoms with van der Waals surface area (Å²) in [6.07, 6.45) is 5.84. The molecule has 162 valence electrons. The molecule has 0 spiro atoms. The number of aryl methyl sites for hydroxylation is 3. The molecule has 1 aromatic heterocycles. The number of pyridine rings is 1. The third kappa shape index (κ3) is 4.17. The summed E-state index contributed by atoms with van der Waals surface area (Å²) < 4.78 is 0. The van der Waals surface area contributed by atoms with Crippen molar-refractivity contribution in [1.29, 1.82) is 0 Å². The lowest BCUT2D eigenvalue weighted by atomic mass is 9.88. The van der Waals surface area contributed by atoms with Crippen LogP contribution in [0, 0.1) is 6.92 Å². The Morgan fingerprint density at radius 2 is 1.75 bits per heavy atom. The summed E-state index contributed by atoms with van der Waals surface area (Å²) in [7, 11) is 0. The zero-order valence-corrected chi connectivity index (χ0v) is 19.8. The molecule has 0 bridgehead atoms. The van der Waals surface area contributed by atoms with E-state index in [2.05, 4.69) is 47.5 Å². The number of likely N-dealkylation sites (tertiary alicyclic amines) is 1. The predicted octanol–water partition coefficient (Wildman–Crippen LogP) is 6.44. The van der Waals surface area contributed by atoms with Gasteiger partial charge in [-0.15, -0.1) is 0 Å². The van der Waals surface area contributed by atoms with E-state index in [4.69, 9.17) is 28.8 Å². The first kappa shape index (κ1) is 21.2. The van der Waals surface area contributed by atoms with Crippen molar-refractivity contribution in [2.75, 3.05) is 18.4 Å². The maximum absolute atomic E-state index is 6.35. The number of hydrogen-bond acceptors (Lipinski definition) is 2. The van der Waals surface area contributed by atoms with Crippen LogP contribution in [0.1, 0.15) is 40.8 Å². The maximum Gasteiger partial charge on any atom is 0.173 e. The Hall–Kier alpha value is -2.69. The minimum absolute atomic E-state index is 0.800. The lowest BCUT2D eigenvalue weighted by Crippen LogP contribution is -2.39. The number of rotatable bonds is 1. The van der Waals surface area contributed by atoms with E-state index >= 15 is 0 Å². The molecule has 1 N–H and O–H groups in total. The number of thiocarbonyl (C=S) groups is 1. The van der Waals surface area contributed by atoms with Gasteiger partial charge in [0.25, 0.3) is 0 Å². The van der Waals surface area contributed by atoms with E-state index in [1.807, 2.05) is 30.5 Å². The van der Waals surface area contributed by atoms with Gasteiger partial charge in [0.15, 0.2) is 5.11 Å². The normalized spacial score (nSPS) is 15.6. The van der Waals surface area contributed by atoms with Crippen molar-refractivity contribution in [3.63, 3.8) is 0 Å². The number of nitrogens with zero attached hydrogens (tertiary/aromatic N) is 2. The largest absolute Gasteiger partial charge is 0.348 e. The van der Waals surface area contributed by atoms with E-state index < -0.39 is 0 Å². The minimum Gasteiger partial charge on any atom is -0.348 e. The van der Waals surface area contributed by atoms with Gasteiger partial charge in [0.2, 0.25) is 0 Å². The number of nitrogens with one attached hydrogen (secondary N) is 1. The zero-order chi connectivity index (χ0) is 22.1. The molecule has 1 saturated heterocycles. The van der Waals surface area contributed by atoms with Gasteiger partial charge in [0.05, 0.1) is 5.69 Å². The summed E-state index contributed by atoms with van der Waals surface area (Å²) in [5.41, 5.74) is 10.1. The van der Waals surface area contributed by atoms with E-state index in [1.165, 1.54) is 33.4 Å². The van der Waals surface area contributed by atoms with Gasteiger partial charge in [0, 0.05) is 35.6 Å². The summed E-state index contributed by atoms with van der Waals surface area (Å²) in [5.74, 6) is 0. The summed E-state index contributed by atoms with van der Waals surface area (Å²) in [4.78, 5) is 7.12. The number of piperidine rings is 1. The van der Waals surface area contributed by atoms with Crippen LogP contribution < -0.4 is 5.32 Å². The molecule has 0 radical (unpaired) electrons. The molecule has 0 saturated carbocycles. The van der Waals surface area contributed by atoms with E-state index in [0.29, 0.717) is 0 Å². The van der Waals surface area contributed by atoms with Crippen LogP contribution in [0.2, 0.25) is 5.02 Å². The number of anilines is 1. The smallest absolute Gasteiger partial charge is 0.173 e. The van der Waals surface area contributed by atoms with Crippen molar-refractivity contribution >= 4 is 40.2 Å². The van der Waals surface area contributed by atoms with Gasteiger partial charge < -0.3 is 10.2 Å². The Morgan fingerprint density at radius 3 is 2.56 bits per heavy atom. The van der Waals surface area contributed by atoms with Crippen molar-refractivity contribution < 1.29 is 0 Å². The first-order valence-corrected chi connectivity index (χ1v) is 12.0. The molecule has 1 aliphatic heterocycles. The molecule has 32 heavy (non-hydrogen) atoms. The number of aromatic nitrogens is 1. The molecule has 2 heterocycles. The highest BCUT2D eigenvalue weighted by atomic mass is 35.5. The molecule has 1 fully saturated rings. The Kier molecular flexibility index (Phi) is 5.99. The number of para-hydroxylation sites is 1. The molecule has 1 aliphatic carbocycles. The minimum atomic E-state index is 0.800. The molecular weight excluding hydrogens is 434 g/mol. The highest BCUT2D eigenvalue weighted by molar-refractivity contribution is 7.80. The topological polar surface area (TPSA) is 28.2 Å². The van der Waals surface area contributed by atoms with Crippen LogP contribution in [0.4, 0.5) is 5.69 Å². The zero-order valence-electron chi connectivity index (χ0n) is 18.2. The lowest BCUT2D eigenvalue weighted by molar-refractivity contribution is 0.394. The van der Waals surface area contributed by atoms with Crippen LogP contribution in [0.15, 0.2) is 66.4 Å². The fourth-order valence-electron chi connectivity index (χ4n) is 4.77. The molecule has 0 unspecified atom stereocenters. The van der Waals surface area contributed by atoms with Gasteiger partial charge >= 0.3 is 0 Å². The van der Waals surface area contributed by atoms with Crippen LogP contribution in [-0.4, -0.2) is 28.1 Å². The molecule has 2 aromatic carbocycles. The quantitative estimate of drug-likeness (QED) is 0.424. The summed E-state index contributed by atoms with van der Waals surface area (Å²) in [5, 5.41) is 5.04. The average Bonchev–Trinajstić information content (AvgIpc) is 2.97. The number of fused-ring (bicyclic) bond motifs is 2. The van der Waals surface area contributed by atoms with Crippen LogP contribution >= 0.6 is 23.8 Å². The molecule has 3 nitrogen and oxygen atoms in total. The summed E-state index contributed by atoms with van der Waals surface area (Å²) >= 11 is 12.1. The maximum atomic E-state index is 6.35. The van der Waals surface area contributed by atoms with Crippen molar-refractivity contribution in [3.8, 4) is 0 Å². The highest BCUT2D eigenvalue weighted by Crippen LogP contribution is 2.38. The molecule has 2 aliphatic rings. The van der Waals surface area contributed by atoms with Crippen LogP contribution in [0.5, 0.6) is 0 Å². The van der Waals surface area contributed by atoms with Crippen molar-refractivity contribution in [1.82, 2.24) is 9.88 Å². The monoisotopic (exact) mass is 459 g/mol. The molecule has 5 heteroatoms. The third-order valence-electron chi connectivity index (χ3n) is 6.52. The number of hydrogen-bond donors (Lipinski definition) is 1. The Bertz CT molecular complexity index is 1210. The molecule has 5 rings (SSSR count). The fourth-order valence-corrected chi connectivity index (χ4v) is 5.26. The van der Waals surface area contributed by atoms with Crippen molar-refractivity contribution in [2.24, 2.45) is 0 Å². The predicted molar refractivity (Wildman–Crippen MR) is 137 cm³/mol. The Labute approximate surface area is 200 Å². The SMILES string of the molecule is Cc1ccccc1NC(=S)N1CCC(=C2c3ccc(Cl)cc3CCc3cccnc32)CC1. The second kappa shape index (κ2) is 9.05. The Morgan fingerprint density at radius 1 is 0.969 bits per heavy atom. The highest BCUT2D eigenvalue weighted by Gasteiger charge is 2.25. The summed E-state index contributed by atoms with van der Waals surface area (Å²) in [6.45, 7) is 3.91. The Balaban J connectivity index is 1.44. The van der Waals surface area contributed by atoms with Crippen molar-refractivity contribution in [3.05, 3.63) is 99.3 Å². The van der Waals surface area contributed by atoms with Gasteiger partial charge in [-0.05, 0) is 91.3 Å². The third-order valence-corrected chi connectivity index (χ3v) is 7.12. The van der Waals surface area contributed by atoms with Crippen molar-refractivity contribution in [2.45, 2.75) is 32.6 Å². The van der Waals surface area contributed by atoms with E-state index in [9.17, 15) is 0 Å². The second-order valence-electron chi connectivity index (χ2n) is 8.52. The first-order valence-electron chi connectivity index (χ1n) is 11.2. The molecule has 0 amide bonds. The van der Waals surface area contributed by atoms with Gasteiger partial charge in [-0.3, -0.25) is 4.98 Å². The van der Waals surface area contributed by atoms with E-state index in [0.717, 1.165) is 60.3 Å². The van der Waals surface area contributed by atoms with Crippen LogP contribution in [0.3, 0.4) is 0 Å². The number of benzene rings is 2. The van der Waals surface area contributed by atoms with Crippen LogP contribution in [0.25, 0.3) is 5.57 Å². The lowest BCUT2D eigenvalue weighted by Gasteiger charge is -2.32. The van der Waals surface area contributed by atoms with E-state index in [1.54, 1.807) is 0 Å². The van der Waals surface area contributed by atoms with Crippen LogP contribution in [-0.2, 0) is 12.8 Å². The van der Waals surface area contributed by atoms with Gasteiger partial charge in [-0.2, -0.15) is 0 Å². The van der Waals surface area contributed by atoms with Gasteiger partial charge in [-0.1, -0.05) is 47.5 Å². The van der Waals surface area contributed by atoms with Gasteiger partial charge in [-0.25, -0.2) is 0 Å². The molecule has 0 atom stereocenters.